The zero-order chi connectivity index (χ0) is 19.6. The molecule has 1 fully saturated rings. The summed E-state index contributed by atoms with van der Waals surface area (Å²) in [6, 6.07) is 6.66. The van der Waals surface area contributed by atoms with E-state index in [0.717, 1.165) is 24.8 Å². The highest BCUT2D eigenvalue weighted by atomic mass is 32.2. The van der Waals surface area contributed by atoms with Crippen LogP contribution in [0.4, 0.5) is 0 Å². The molecule has 3 aromatic rings. The van der Waals surface area contributed by atoms with Gasteiger partial charge in [-0.15, -0.1) is 0 Å². The average Bonchev–Trinajstić information content (AvgIpc) is 3.21. The Hall–Kier alpha value is -2.78. The Morgan fingerprint density at radius 1 is 1.07 bits per heavy atom. The maximum atomic E-state index is 12.7. The van der Waals surface area contributed by atoms with Crippen molar-refractivity contribution >= 4 is 21.7 Å². The van der Waals surface area contributed by atoms with Crippen LogP contribution in [0.2, 0.25) is 0 Å². The number of amides is 1. The summed E-state index contributed by atoms with van der Waals surface area (Å²) in [5.74, 6) is 0.273. The van der Waals surface area contributed by atoms with E-state index in [9.17, 15) is 13.2 Å². The van der Waals surface area contributed by atoms with E-state index in [2.05, 4.69) is 15.3 Å². The van der Waals surface area contributed by atoms with Gasteiger partial charge in [-0.3, -0.25) is 9.20 Å². The van der Waals surface area contributed by atoms with E-state index >= 15 is 0 Å². The van der Waals surface area contributed by atoms with E-state index in [1.165, 1.54) is 6.20 Å². The summed E-state index contributed by atoms with van der Waals surface area (Å²) in [6.45, 7) is 1.45. The van der Waals surface area contributed by atoms with Crippen LogP contribution in [-0.2, 0) is 16.6 Å². The highest BCUT2D eigenvalue weighted by Gasteiger charge is 2.25. The van der Waals surface area contributed by atoms with Gasteiger partial charge in [0.2, 0.25) is 15.8 Å². The van der Waals surface area contributed by atoms with Gasteiger partial charge in [0.25, 0.3) is 5.91 Å². The lowest BCUT2D eigenvalue weighted by atomic mass is 10.2. The van der Waals surface area contributed by atoms with Gasteiger partial charge < -0.3 is 5.32 Å². The van der Waals surface area contributed by atoms with E-state index in [0.29, 0.717) is 35.9 Å². The number of nitrogens with zero attached hydrogens (tertiary/aromatic N) is 4. The van der Waals surface area contributed by atoms with Crippen LogP contribution >= 0.6 is 0 Å². The molecule has 4 rings (SSSR count). The monoisotopic (exact) mass is 399 g/mol. The third kappa shape index (κ3) is 3.76. The number of fused-ring (bicyclic) bond motifs is 1. The zero-order valence-electron chi connectivity index (χ0n) is 15.3. The van der Waals surface area contributed by atoms with Gasteiger partial charge in [0, 0.05) is 44.4 Å². The first-order valence-electron chi connectivity index (χ1n) is 9.20. The van der Waals surface area contributed by atoms with Crippen LogP contribution in [0, 0.1) is 0 Å². The van der Waals surface area contributed by atoms with Gasteiger partial charge in [-0.25, -0.2) is 18.4 Å². The normalized spacial score (nSPS) is 15.6. The minimum atomic E-state index is -3.44. The van der Waals surface area contributed by atoms with E-state index in [1.54, 1.807) is 51.6 Å². The van der Waals surface area contributed by atoms with Gasteiger partial charge in [-0.1, -0.05) is 18.6 Å². The fraction of sp³-hybridized carbons (Fsp3) is 0.316. The third-order valence-corrected chi connectivity index (χ3v) is 6.75. The van der Waals surface area contributed by atoms with Crippen molar-refractivity contribution < 1.29 is 13.2 Å². The molecule has 0 aliphatic carbocycles. The number of hydrogen-bond acceptors (Lipinski definition) is 5. The van der Waals surface area contributed by atoms with Gasteiger partial charge in [-0.2, -0.15) is 4.31 Å². The zero-order valence-corrected chi connectivity index (χ0v) is 16.1. The molecule has 2 aromatic heterocycles. The summed E-state index contributed by atoms with van der Waals surface area (Å²) >= 11 is 0. The molecule has 1 aromatic carbocycles. The molecule has 9 heteroatoms. The highest BCUT2D eigenvalue weighted by molar-refractivity contribution is 7.89. The average molecular weight is 399 g/mol. The van der Waals surface area contributed by atoms with Gasteiger partial charge in [0.1, 0.15) is 0 Å². The summed E-state index contributed by atoms with van der Waals surface area (Å²) in [4.78, 5) is 20.8. The molecule has 146 valence electrons. The fourth-order valence-corrected chi connectivity index (χ4v) is 4.77. The number of imidazole rings is 1. The van der Waals surface area contributed by atoms with E-state index < -0.39 is 10.0 Å². The molecule has 0 spiro atoms. The summed E-state index contributed by atoms with van der Waals surface area (Å²) in [5.41, 5.74) is 1.25. The van der Waals surface area contributed by atoms with Gasteiger partial charge in [-0.05, 0) is 30.5 Å². The van der Waals surface area contributed by atoms with Gasteiger partial charge in [0.05, 0.1) is 10.5 Å². The minimum absolute atomic E-state index is 0.256. The number of aromatic nitrogens is 3. The number of sulfonamides is 1. The number of rotatable bonds is 5. The minimum Gasteiger partial charge on any atom is -0.348 e. The Kier molecular flexibility index (Phi) is 5.10. The molecule has 0 saturated carbocycles. The van der Waals surface area contributed by atoms with Crippen LogP contribution in [0.15, 0.2) is 53.9 Å². The predicted octanol–water partition coefficient (Wildman–Crippen LogP) is 1.83. The maximum absolute atomic E-state index is 12.7. The summed E-state index contributed by atoms with van der Waals surface area (Å²) in [6.07, 6.45) is 9.37. The molecule has 3 heterocycles. The second-order valence-corrected chi connectivity index (χ2v) is 8.71. The molecule has 0 unspecified atom stereocenters. The molecule has 28 heavy (non-hydrogen) atoms. The molecule has 0 atom stereocenters. The Morgan fingerprint density at radius 2 is 1.82 bits per heavy atom. The molecule has 1 aliphatic heterocycles. The van der Waals surface area contributed by atoms with Crippen LogP contribution in [0.5, 0.6) is 0 Å². The first-order chi connectivity index (χ1) is 13.5. The van der Waals surface area contributed by atoms with Crippen molar-refractivity contribution in [2.75, 3.05) is 13.1 Å². The van der Waals surface area contributed by atoms with Gasteiger partial charge in [0.15, 0.2) is 0 Å². The molecule has 1 N–H and O–H groups in total. The SMILES string of the molecule is O=C(NCc1ccc(S(=O)(=O)N2CCCCC2)cc1)c1cnc2nccn2c1. The van der Waals surface area contributed by atoms with Crippen LogP contribution in [0.25, 0.3) is 5.78 Å². The Balaban J connectivity index is 1.40. The standard InChI is InChI=1S/C19H21N5O3S/c25-18(16-13-22-19-20-8-11-23(19)14-16)21-12-15-4-6-17(7-5-15)28(26,27)24-9-2-1-3-10-24/h4-8,11,13-14H,1-3,9-10,12H2,(H,21,25). The number of piperidine rings is 1. The van der Waals surface area contributed by atoms with E-state index in [4.69, 9.17) is 0 Å². The summed E-state index contributed by atoms with van der Waals surface area (Å²) < 4.78 is 28.6. The highest BCUT2D eigenvalue weighted by Crippen LogP contribution is 2.20. The second kappa shape index (κ2) is 7.69. The number of hydrogen-bond donors (Lipinski definition) is 1. The van der Waals surface area contributed by atoms with Crippen LogP contribution in [0.3, 0.4) is 0 Å². The number of carbonyl (C=O) groups excluding carboxylic acids is 1. The Morgan fingerprint density at radius 3 is 2.57 bits per heavy atom. The predicted molar refractivity (Wildman–Crippen MR) is 103 cm³/mol. The van der Waals surface area contributed by atoms with E-state index in [1.807, 2.05) is 0 Å². The topological polar surface area (TPSA) is 96.7 Å². The summed E-state index contributed by atoms with van der Waals surface area (Å²) in [5, 5.41) is 2.82. The smallest absolute Gasteiger partial charge is 0.254 e. The largest absolute Gasteiger partial charge is 0.348 e. The lowest BCUT2D eigenvalue weighted by molar-refractivity contribution is 0.0950. The van der Waals surface area contributed by atoms with Crippen molar-refractivity contribution in [1.29, 1.82) is 0 Å². The van der Waals surface area contributed by atoms with Crippen molar-refractivity contribution in [2.45, 2.75) is 30.7 Å². The van der Waals surface area contributed by atoms with Crippen LogP contribution in [-0.4, -0.2) is 46.1 Å². The van der Waals surface area contributed by atoms with Crippen molar-refractivity contribution in [3.63, 3.8) is 0 Å². The lowest BCUT2D eigenvalue weighted by Gasteiger charge is -2.25. The Bertz CT molecular complexity index is 1090. The maximum Gasteiger partial charge on any atom is 0.254 e. The van der Waals surface area contributed by atoms with Crippen molar-refractivity contribution in [2.24, 2.45) is 0 Å². The summed E-state index contributed by atoms with van der Waals surface area (Å²) in [7, 11) is -3.44. The molecule has 0 radical (unpaired) electrons. The van der Waals surface area contributed by atoms with E-state index in [-0.39, 0.29) is 5.91 Å². The Labute approximate surface area is 163 Å². The first kappa shape index (κ1) is 18.6. The lowest BCUT2D eigenvalue weighted by Crippen LogP contribution is -2.35. The number of nitrogens with one attached hydrogen (secondary N) is 1. The van der Waals surface area contributed by atoms with Crippen LogP contribution in [0.1, 0.15) is 35.2 Å². The second-order valence-electron chi connectivity index (χ2n) is 6.77. The van der Waals surface area contributed by atoms with Crippen molar-refractivity contribution in [1.82, 2.24) is 24.0 Å². The molecule has 0 bridgehead atoms. The van der Waals surface area contributed by atoms with Crippen molar-refractivity contribution in [3.05, 3.63) is 60.2 Å². The molecule has 8 nitrogen and oxygen atoms in total. The first-order valence-corrected chi connectivity index (χ1v) is 10.6. The fourth-order valence-electron chi connectivity index (χ4n) is 3.25. The quantitative estimate of drug-likeness (QED) is 0.706. The third-order valence-electron chi connectivity index (χ3n) is 4.84. The number of benzene rings is 1. The molecule has 1 saturated heterocycles. The molecule has 1 amide bonds. The molecule has 1 aliphatic rings. The number of carbonyl (C=O) groups is 1. The van der Waals surface area contributed by atoms with Gasteiger partial charge >= 0.3 is 0 Å². The molecular weight excluding hydrogens is 378 g/mol. The van der Waals surface area contributed by atoms with Crippen LogP contribution < -0.4 is 5.32 Å². The van der Waals surface area contributed by atoms with Crippen molar-refractivity contribution in [3.8, 4) is 0 Å². The molecular formula is C19H21N5O3S.